The molecule has 0 atom stereocenters. The molecule has 1 heterocycles. The predicted octanol–water partition coefficient (Wildman–Crippen LogP) is 6.22. The summed E-state index contributed by atoms with van der Waals surface area (Å²) in [6, 6.07) is 18.9. The average molecular weight is 508 g/mol. The van der Waals surface area contributed by atoms with Gasteiger partial charge in [0.05, 0.1) is 10.9 Å². The summed E-state index contributed by atoms with van der Waals surface area (Å²) in [7, 11) is 4.16. The number of carboxylic acids is 1. The lowest BCUT2D eigenvalue weighted by Gasteiger charge is -2.20. The van der Waals surface area contributed by atoms with Crippen LogP contribution < -0.4 is 0 Å². The second-order valence-electron chi connectivity index (χ2n) is 9.63. The molecule has 3 aromatic carbocycles. The van der Waals surface area contributed by atoms with Gasteiger partial charge in [-0.1, -0.05) is 42.5 Å². The molecule has 0 amide bonds. The van der Waals surface area contributed by atoms with Crippen molar-refractivity contribution < 1.29 is 9.90 Å². The number of aliphatic carboxylic acids is 1. The molecule has 0 aliphatic heterocycles. The molecular weight excluding hydrogens is 478 g/mol. The molecule has 5 nitrogen and oxygen atoms in total. The third-order valence-electron chi connectivity index (χ3n) is 6.11. The van der Waals surface area contributed by atoms with Crippen LogP contribution in [0.3, 0.4) is 0 Å². The van der Waals surface area contributed by atoms with Crippen LogP contribution in [0.25, 0.3) is 32.8 Å². The molecule has 1 N–H and O–H groups in total. The summed E-state index contributed by atoms with van der Waals surface area (Å²) >= 11 is 3.73. The number of fused-ring (bicyclic) bond motifs is 2. The van der Waals surface area contributed by atoms with Crippen LogP contribution in [0.5, 0.6) is 0 Å². The van der Waals surface area contributed by atoms with Gasteiger partial charge in [-0.3, -0.25) is 9.48 Å². The minimum atomic E-state index is -0.833. The monoisotopic (exact) mass is 507 g/mol. The number of aryl methyl sites for hydroxylation is 1. The Morgan fingerprint density at radius 3 is 2.58 bits per heavy atom. The Morgan fingerprint density at radius 1 is 1.09 bits per heavy atom. The first-order valence-corrected chi connectivity index (χ1v) is 12.0. The number of rotatable bonds is 8. The zero-order valence-corrected chi connectivity index (χ0v) is 21.2. The molecule has 0 aliphatic rings. The van der Waals surface area contributed by atoms with E-state index in [0.29, 0.717) is 6.42 Å². The Bertz CT molecular complexity index is 1320. The van der Waals surface area contributed by atoms with Crippen molar-refractivity contribution in [1.82, 2.24) is 14.7 Å². The summed E-state index contributed by atoms with van der Waals surface area (Å²) in [5.41, 5.74) is 3.32. The maximum Gasteiger partial charge on any atom is 0.309 e. The molecule has 1 aromatic heterocycles. The van der Waals surface area contributed by atoms with Gasteiger partial charge in [-0.05, 0) is 103 Å². The molecule has 0 saturated heterocycles. The van der Waals surface area contributed by atoms with Crippen LogP contribution in [0, 0.1) is 5.41 Å². The first-order chi connectivity index (χ1) is 15.7. The molecule has 4 aromatic rings. The second kappa shape index (κ2) is 9.27. The van der Waals surface area contributed by atoms with E-state index in [-0.39, 0.29) is 0 Å². The Labute approximate surface area is 203 Å². The number of carboxylic acid groups (broad SMARTS) is 1. The molecule has 0 spiro atoms. The zero-order valence-electron chi connectivity index (χ0n) is 19.6. The van der Waals surface area contributed by atoms with Gasteiger partial charge in [0.2, 0.25) is 0 Å². The number of nitrogens with zero attached hydrogens (tertiary/aromatic N) is 3. The Kier molecular flexibility index (Phi) is 6.59. The Morgan fingerprint density at radius 2 is 1.85 bits per heavy atom. The number of halogens is 1. The van der Waals surface area contributed by atoms with Crippen molar-refractivity contribution in [3.05, 3.63) is 64.8 Å². The van der Waals surface area contributed by atoms with E-state index in [2.05, 4.69) is 77.4 Å². The lowest BCUT2D eigenvalue weighted by Crippen LogP contribution is -2.26. The maximum atomic E-state index is 11.7. The summed E-state index contributed by atoms with van der Waals surface area (Å²) in [5, 5.41) is 17.8. The van der Waals surface area contributed by atoms with Crippen LogP contribution >= 0.6 is 15.9 Å². The van der Waals surface area contributed by atoms with E-state index < -0.39 is 11.4 Å². The first kappa shape index (κ1) is 23.5. The molecule has 0 aliphatic carbocycles. The van der Waals surface area contributed by atoms with E-state index in [4.69, 9.17) is 5.10 Å². The van der Waals surface area contributed by atoms with Crippen molar-refractivity contribution in [2.75, 3.05) is 20.6 Å². The van der Waals surface area contributed by atoms with Crippen molar-refractivity contribution in [3.8, 4) is 11.1 Å². The molecule has 0 radical (unpaired) electrons. The zero-order chi connectivity index (χ0) is 23.8. The van der Waals surface area contributed by atoms with Gasteiger partial charge in [-0.25, -0.2) is 0 Å². The topological polar surface area (TPSA) is 58.4 Å². The van der Waals surface area contributed by atoms with Gasteiger partial charge in [0.25, 0.3) is 0 Å². The van der Waals surface area contributed by atoms with Gasteiger partial charge in [-0.2, -0.15) is 5.10 Å². The highest BCUT2D eigenvalue weighted by molar-refractivity contribution is 9.10. The van der Waals surface area contributed by atoms with E-state index in [0.717, 1.165) is 62.5 Å². The lowest BCUT2D eigenvalue weighted by atomic mass is 9.84. The Balaban J connectivity index is 1.77. The molecule has 0 saturated carbocycles. The second-order valence-corrected chi connectivity index (χ2v) is 10.4. The number of benzene rings is 3. The summed E-state index contributed by atoms with van der Waals surface area (Å²) < 4.78 is 3.03. The minimum Gasteiger partial charge on any atom is -0.481 e. The van der Waals surface area contributed by atoms with E-state index >= 15 is 0 Å². The molecule has 6 heteroatoms. The highest BCUT2D eigenvalue weighted by atomic mass is 79.9. The highest BCUT2D eigenvalue weighted by Gasteiger charge is 2.27. The fourth-order valence-electron chi connectivity index (χ4n) is 4.25. The van der Waals surface area contributed by atoms with Gasteiger partial charge >= 0.3 is 5.97 Å². The van der Waals surface area contributed by atoms with Crippen molar-refractivity contribution >= 4 is 43.6 Å². The van der Waals surface area contributed by atoms with Crippen molar-refractivity contribution in [3.63, 3.8) is 0 Å². The number of aromatic nitrogens is 2. The summed E-state index contributed by atoms with van der Waals surface area (Å²) in [4.78, 5) is 13.9. The molecular formula is C27H30BrN3O2. The number of hydrogen-bond donors (Lipinski definition) is 1. The highest BCUT2D eigenvalue weighted by Crippen LogP contribution is 2.35. The van der Waals surface area contributed by atoms with Gasteiger partial charge in [0, 0.05) is 11.9 Å². The van der Waals surface area contributed by atoms with Crippen LogP contribution in [0.4, 0.5) is 0 Å². The van der Waals surface area contributed by atoms with Crippen LogP contribution in [0.15, 0.2) is 59.2 Å². The Hall–Kier alpha value is -2.70. The fraction of sp³-hybridized carbons (Fsp3) is 0.333. The molecule has 0 unspecified atom stereocenters. The van der Waals surface area contributed by atoms with Crippen LogP contribution in [-0.4, -0.2) is 46.4 Å². The fourth-order valence-corrected chi connectivity index (χ4v) is 4.85. The molecule has 0 bridgehead atoms. The van der Waals surface area contributed by atoms with Gasteiger partial charge in [0.1, 0.15) is 4.60 Å². The third kappa shape index (κ3) is 4.97. The average Bonchev–Trinajstić information content (AvgIpc) is 3.07. The van der Waals surface area contributed by atoms with Crippen LogP contribution in [0.1, 0.15) is 25.8 Å². The molecule has 4 rings (SSSR count). The van der Waals surface area contributed by atoms with Gasteiger partial charge < -0.3 is 10.0 Å². The van der Waals surface area contributed by atoms with Gasteiger partial charge in [0.15, 0.2) is 0 Å². The van der Waals surface area contributed by atoms with Crippen LogP contribution in [0.2, 0.25) is 0 Å². The minimum absolute atomic E-state index is 0.467. The summed E-state index contributed by atoms with van der Waals surface area (Å²) in [6.45, 7) is 5.41. The number of carbonyl (C=O) groups is 1. The van der Waals surface area contributed by atoms with Crippen molar-refractivity contribution in [1.29, 1.82) is 0 Å². The SMILES string of the molecule is CN(C)CCCn1nc2cc(-c3cc(CC(C)(C)C(=O)O)cc4ccccc34)ccc2c1Br. The number of hydrogen-bond acceptors (Lipinski definition) is 3. The maximum absolute atomic E-state index is 11.7. The molecule has 0 fully saturated rings. The molecule has 33 heavy (non-hydrogen) atoms. The van der Waals surface area contributed by atoms with Crippen LogP contribution in [-0.2, 0) is 17.8 Å². The quantitative estimate of drug-likeness (QED) is 0.307. The van der Waals surface area contributed by atoms with E-state index in [1.54, 1.807) is 13.8 Å². The van der Waals surface area contributed by atoms with Crippen molar-refractivity contribution in [2.24, 2.45) is 5.41 Å². The molecule has 172 valence electrons. The third-order valence-corrected chi connectivity index (χ3v) is 6.94. The smallest absolute Gasteiger partial charge is 0.309 e. The summed E-state index contributed by atoms with van der Waals surface area (Å²) in [5.74, 6) is -0.789. The van der Waals surface area contributed by atoms with E-state index in [1.165, 1.54) is 0 Å². The van der Waals surface area contributed by atoms with E-state index in [1.807, 2.05) is 16.8 Å². The standard InChI is InChI=1S/C27H30BrN3O2/c1-27(2,26(32)33)17-18-14-19-8-5-6-9-21(19)23(15-18)20-10-11-22-24(16-20)29-31(25(22)28)13-7-12-30(3)4/h5-6,8-11,14-16H,7,12-13,17H2,1-4H3,(H,32,33). The van der Waals surface area contributed by atoms with E-state index in [9.17, 15) is 9.90 Å². The lowest BCUT2D eigenvalue weighted by molar-refractivity contribution is -0.146. The normalized spacial score (nSPS) is 12.2. The van der Waals surface area contributed by atoms with Crippen molar-refractivity contribution in [2.45, 2.75) is 33.2 Å². The summed E-state index contributed by atoms with van der Waals surface area (Å²) in [6.07, 6.45) is 1.49. The van der Waals surface area contributed by atoms with Gasteiger partial charge in [-0.15, -0.1) is 0 Å². The first-order valence-electron chi connectivity index (χ1n) is 11.2. The largest absolute Gasteiger partial charge is 0.481 e. The predicted molar refractivity (Wildman–Crippen MR) is 139 cm³/mol.